The molecular weight excluding hydrogens is 330 g/mol. The predicted octanol–water partition coefficient (Wildman–Crippen LogP) is 4.70. The minimum Gasteiger partial charge on any atom is -0.495 e. The van der Waals surface area contributed by atoms with E-state index in [1.165, 1.54) is 37.7 Å². The van der Waals surface area contributed by atoms with Crippen LogP contribution in [-0.4, -0.2) is 20.8 Å². The van der Waals surface area contributed by atoms with Crippen LogP contribution < -0.4 is 14.8 Å². The van der Waals surface area contributed by atoms with E-state index in [0.717, 1.165) is 22.5 Å². The zero-order valence-corrected chi connectivity index (χ0v) is 14.8. The molecule has 2 rings (SSSR count). The Morgan fingerprint density at radius 3 is 2.48 bits per heavy atom. The molecule has 1 aliphatic carbocycles. The molecule has 0 spiro atoms. The number of rotatable bonds is 6. The molecule has 1 aliphatic rings. The van der Waals surface area contributed by atoms with Crippen LogP contribution in [0.5, 0.6) is 11.5 Å². The largest absolute Gasteiger partial charge is 0.495 e. The summed E-state index contributed by atoms with van der Waals surface area (Å²) in [4.78, 5) is 0. The summed E-state index contributed by atoms with van der Waals surface area (Å²) in [6, 6.07) is 4.52. The molecule has 0 aliphatic heterocycles. The molecule has 118 valence electrons. The average molecular weight is 356 g/mol. The number of methoxy groups -OCH3 is 2. The maximum Gasteiger partial charge on any atom is 0.141 e. The summed E-state index contributed by atoms with van der Waals surface area (Å²) in [5.74, 6) is 2.40. The number of halogens is 1. The summed E-state index contributed by atoms with van der Waals surface area (Å²) in [6.45, 7) is 3.13. The molecule has 1 atom stereocenters. The number of ether oxygens (including phenoxy) is 2. The normalized spacial score (nSPS) is 17.5. The summed E-state index contributed by atoms with van der Waals surface area (Å²) in [5, 5.41) is 3.67. The van der Waals surface area contributed by atoms with Gasteiger partial charge in [-0.25, -0.2) is 0 Å². The lowest BCUT2D eigenvalue weighted by molar-refractivity contribution is 0.267. The van der Waals surface area contributed by atoms with Crippen LogP contribution in [0.3, 0.4) is 0 Å². The highest BCUT2D eigenvalue weighted by molar-refractivity contribution is 9.10. The molecule has 1 saturated carbocycles. The summed E-state index contributed by atoms with van der Waals surface area (Å²) in [6.07, 6.45) is 6.64. The molecule has 1 fully saturated rings. The van der Waals surface area contributed by atoms with E-state index < -0.39 is 0 Å². The third-order valence-corrected chi connectivity index (χ3v) is 5.15. The van der Waals surface area contributed by atoms with E-state index in [0.29, 0.717) is 12.0 Å². The minimum absolute atomic E-state index is 0.354. The Hall–Kier alpha value is -0.740. The van der Waals surface area contributed by atoms with Crippen molar-refractivity contribution in [3.05, 3.63) is 22.2 Å². The van der Waals surface area contributed by atoms with Crippen molar-refractivity contribution in [2.45, 2.75) is 45.1 Å². The van der Waals surface area contributed by atoms with Crippen molar-refractivity contribution in [3.63, 3.8) is 0 Å². The Bertz CT molecular complexity index is 458. The number of nitrogens with one attached hydrogen (secondary N) is 1. The van der Waals surface area contributed by atoms with Crippen LogP contribution in [0.2, 0.25) is 0 Å². The third kappa shape index (κ3) is 3.72. The Morgan fingerprint density at radius 1 is 1.19 bits per heavy atom. The number of hydrogen-bond acceptors (Lipinski definition) is 3. The maximum absolute atomic E-state index is 5.67. The fourth-order valence-corrected chi connectivity index (χ4v) is 4.07. The Balaban J connectivity index is 2.36. The lowest BCUT2D eigenvalue weighted by Gasteiger charge is -2.32. The van der Waals surface area contributed by atoms with Crippen LogP contribution in [-0.2, 0) is 0 Å². The van der Waals surface area contributed by atoms with Crippen molar-refractivity contribution in [3.8, 4) is 11.5 Å². The van der Waals surface area contributed by atoms with Gasteiger partial charge < -0.3 is 14.8 Å². The van der Waals surface area contributed by atoms with Gasteiger partial charge in [0.05, 0.1) is 14.2 Å². The monoisotopic (exact) mass is 355 g/mol. The first-order valence-corrected chi connectivity index (χ1v) is 8.66. The van der Waals surface area contributed by atoms with Gasteiger partial charge in [-0.2, -0.15) is 0 Å². The lowest BCUT2D eigenvalue weighted by atomic mass is 9.81. The second-order valence-corrected chi connectivity index (χ2v) is 6.43. The minimum atomic E-state index is 0.354. The van der Waals surface area contributed by atoms with Crippen molar-refractivity contribution in [1.82, 2.24) is 5.32 Å². The summed E-state index contributed by atoms with van der Waals surface area (Å²) in [7, 11) is 3.41. The van der Waals surface area contributed by atoms with E-state index in [2.05, 4.69) is 34.2 Å². The molecule has 21 heavy (non-hydrogen) atoms. The molecule has 3 nitrogen and oxygen atoms in total. The van der Waals surface area contributed by atoms with E-state index >= 15 is 0 Å². The molecular formula is C17H26BrNO2. The van der Waals surface area contributed by atoms with Gasteiger partial charge in [-0.15, -0.1) is 0 Å². The molecule has 0 radical (unpaired) electrons. The highest BCUT2D eigenvalue weighted by Gasteiger charge is 2.28. The molecule has 1 unspecified atom stereocenters. The van der Waals surface area contributed by atoms with Crippen LogP contribution >= 0.6 is 15.9 Å². The number of benzene rings is 1. The van der Waals surface area contributed by atoms with Crippen LogP contribution in [0.15, 0.2) is 16.6 Å². The van der Waals surface area contributed by atoms with Crippen LogP contribution in [0.1, 0.15) is 50.6 Å². The average Bonchev–Trinajstić information content (AvgIpc) is 2.53. The predicted molar refractivity (Wildman–Crippen MR) is 90.2 cm³/mol. The van der Waals surface area contributed by atoms with Crippen LogP contribution in [0.4, 0.5) is 0 Å². The zero-order valence-electron chi connectivity index (χ0n) is 13.2. The van der Waals surface area contributed by atoms with Crippen LogP contribution in [0, 0.1) is 5.92 Å². The molecule has 0 aromatic heterocycles. The molecule has 0 bridgehead atoms. The molecule has 4 heteroatoms. The molecule has 1 aromatic rings. The van der Waals surface area contributed by atoms with Gasteiger partial charge in [-0.1, -0.05) is 26.2 Å². The van der Waals surface area contributed by atoms with Gasteiger partial charge in [0.1, 0.15) is 16.0 Å². The van der Waals surface area contributed by atoms with E-state index in [1.54, 1.807) is 14.2 Å². The first-order chi connectivity index (χ1) is 10.2. The SMILES string of the molecule is CCNC(c1ccc(OC)c(Br)c1OC)C1CCCCC1. The van der Waals surface area contributed by atoms with Crippen molar-refractivity contribution in [2.75, 3.05) is 20.8 Å². The zero-order chi connectivity index (χ0) is 15.2. The van der Waals surface area contributed by atoms with Gasteiger partial charge in [0.2, 0.25) is 0 Å². The maximum atomic E-state index is 5.67. The van der Waals surface area contributed by atoms with Crippen molar-refractivity contribution >= 4 is 15.9 Å². The van der Waals surface area contributed by atoms with E-state index in [9.17, 15) is 0 Å². The quantitative estimate of drug-likeness (QED) is 0.802. The third-order valence-electron chi connectivity index (χ3n) is 4.40. The van der Waals surface area contributed by atoms with Crippen molar-refractivity contribution < 1.29 is 9.47 Å². The fourth-order valence-electron chi connectivity index (χ4n) is 3.38. The molecule has 0 saturated heterocycles. The highest BCUT2D eigenvalue weighted by Crippen LogP contribution is 2.43. The van der Waals surface area contributed by atoms with E-state index in [4.69, 9.17) is 9.47 Å². The molecule has 0 amide bonds. The molecule has 1 aromatic carbocycles. The van der Waals surface area contributed by atoms with Crippen molar-refractivity contribution in [2.24, 2.45) is 5.92 Å². The topological polar surface area (TPSA) is 30.5 Å². The Kier molecular flexibility index (Phi) is 6.37. The summed E-state index contributed by atoms with van der Waals surface area (Å²) >= 11 is 3.62. The molecule has 0 heterocycles. The van der Waals surface area contributed by atoms with Gasteiger partial charge in [0.15, 0.2) is 0 Å². The van der Waals surface area contributed by atoms with E-state index in [-0.39, 0.29) is 0 Å². The van der Waals surface area contributed by atoms with Gasteiger partial charge in [0, 0.05) is 11.6 Å². The second kappa shape index (κ2) is 8.04. The summed E-state index contributed by atoms with van der Waals surface area (Å²) < 4.78 is 12.0. The van der Waals surface area contributed by atoms with Crippen LogP contribution in [0.25, 0.3) is 0 Å². The fraction of sp³-hybridized carbons (Fsp3) is 0.647. The lowest BCUT2D eigenvalue weighted by Crippen LogP contribution is -2.30. The number of hydrogen-bond donors (Lipinski definition) is 1. The van der Waals surface area contributed by atoms with E-state index in [1.807, 2.05) is 6.07 Å². The first-order valence-electron chi connectivity index (χ1n) is 7.86. The van der Waals surface area contributed by atoms with Gasteiger partial charge in [-0.05, 0) is 53.4 Å². The Labute approximate surface area is 136 Å². The van der Waals surface area contributed by atoms with Gasteiger partial charge >= 0.3 is 0 Å². The molecule has 1 N–H and O–H groups in total. The standard InChI is InChI=1S/C17H26BrNO2/c1-4-19-16(12-8-6-5-7-9-12)13-10-11-14(20-2)15(18)17(13)21-3/h10-12,16,19H,4-9H2,1-3H3. The van der Waals surface area contributed by atoms with Crippen molar-refractivity contribution in [1.29, 1.82) is 0 Å². The van der Waals surface area contributed by atoms with Gasteiger partial charge in [0.25, 0.3) is 0 Å². The second-order valence-electron chi connectivity index (χ2n) is 5.64. The smallest absolute Gasteiger partial charge is 0.141 e. The Morgan fingerprint density at radius 2 is 1.90 bits per heavy atom. The highest BCUT2D eigenvalue weighted by atomic mass is 79.9. The van der Waals surface area contributed by atoms with Gasteiger partial charge in [-0.3, -0.25) is 0 Å². The summed E-state index contributed by atoms with van der Waals surface area (Å²) in [5.41, 5.74) is 1.24. The first kappa shape index (κ1) is 16.6.